The summed E-state index contributed by atoms with van der Waals surface area (Å²) < 4.78 is 5.14. The number of amides is 1. The lowest BCUT2D eigenvalue weighted by atomic mass is 9.90. The third-order valence-electron chi connectivity index (χ3n) is 3.40. The van der Waals surface area contributed by atoms with Gasteiger partial charge in [-0.15, -0.1) is 0 Å². The van der Waals surface area contributed by atoms with Crippen LogP contribution in [0.15, 0.2) is 36.4 Å². The zero-order chi connectivity index (χ0) is 14.8. The van der Waals surface area contributed by atoms with Gasteiger partial charge in [-0.1, -0.05) is 18.2 Å². The first-order chi connectivity index (χ1) is 9.51. The first kappa shape index (κ1) is 13.9. The van der Waals surface area contributed by atoms with E-state index in [2.05, 4.69) is 5.32 Å². The second-order valence-electron chi connectivity index (χ2n) is 4.62. The van der Waals surface area contributed by atoms with Crippen LogP contribution >= 0.6 is 0 Å². The van der Waals surface area contributed by atoms with E-state index in [1.807, 2.05) is 12.1 Å². The van der Waals surface area contributed by atoms with Gasteiger partial charge < -0.3 is 15.2 Å². The second-order valence-corrected chi connectivity index (χ2v) is 4.62. The number of hydrogen-bond acceptors (Lipinski definition) is 3. The normalized spacial score (nSPS) is 13.5. The molecule has 1 amide bonds. The summed E-state index contributed by atoms with van der Waals surface area (Å²) in [5.41, 5.74) is -0.940. The summed E-state index contributed by atoms with van der Waals surface area (Å²) in [6.07, 6.45) is 0.395. The molecule has 5 nitrogen and oxygen atoms in total. The van der Waals surface area contributed by atoms with Crippen LogP contribution < -0.4 is 10.1 Å². The van der Waals surface area contributed by atoms with Crippen molar-refractivity contribution in [2.75, 3.05) is 7.11 Å². The van der Waals surface area contributed by atoms with Gasteiger partial charge in [0.2, 0.25) is 6.41 Å². The van der Waals surface area contributed by atoms with Crippen LogP contribution in [-0.2, 0) is 15.1 Å². The number of aliphatic carboxylic acids is 1. The second kappa shape index (κ2) is 5.21. The Morgan fingerprint density at radius 2 is 1.90 bits per heavy atom. The summed E-state index contributed by atoms with van der Waals surface area (Å²) in [6, 6.07) is 10.8. The van der Waals surface area contributed by atoms with Crippen LogP contribution in [0.4, 0.5) is 0 Å². The van der Waals surface area contributed by atoms with Gasteiger partial charge in [0.1, 0.15) is 5.75 Å². The number of fused-ring (bicyclic) bond motifs is 1. The summed E-state index contributed by atoms with van der Waals surface area (Å²) >= 11 is 0. The molecule has 2 aromatic rings. The maximum atomic E-state index is 11.4. The van der Waals surface area contributed by atoms with Crippen molar-refractivity contribution in [3.8, 4) is 5.75 Å². The van der Waals surface area contributed by atoms with Gasteiger partial charge in [-0.05, 0) is 41.5 Å². The Morgan fingerprint density at radius 1 is 1.25 bits per heavy atom. The summed E-state index contributed by atoms with van der Waals surface area (Å²) in [7, 11) is 1.59. The van der Waals surface area contributed by atoms with Gasteiger partial charge in [0.25, 0.3) is 0 Å². The van der Waals surface area contributed by atoms with Crippen LogP contribution in [0.5, 0.6) is 5.75 Å². The van der Waals surface area contributed by atoms with Gasteiger partial charge in [0.05, 0.1) is 7.11 Å². The van der Waals surface area contributed by atoms with E-state index >= 15 is 0 Å². The Morgan fingerprint density at radius 3 is 2.50 bits per heavy atom. The van der Waals surface area contributed by atoms with Crippen LogP contribution in [0.25, 0.3) is 10.8 Å². The highest BCUT2D eigenvalue weighted by atomic mass is 16.5. The standard InChI is InChI=1S/C15H15NO4/c1-15(14(18)19,16-9-17)12-5-3-11-8-13(20-2)6-4-10(11)7-12/h3-9H,1-2H3,(H,16,17)(H,18,19). The summed E-state index contributed by atoms with van der Waals surface area (Å²) in [6.45, 7) is 1.45. The summed E-state index contributed by atoms with van der Waals surface area (Å²) in [5, 5.41) is 13.5. The molecule has 5 heteroatoms. The van der Waals surface area contributed by atoms with Crippen LogP contribution in [0.1, 0.15) is 12.5 Å². The largest absolute Gasteiger partial charge is 0.497 e. The third-order valence-corrected chi connectivity index (χ3v) is 3.40. The molecule has 0 spiro atoms. The van der Waals surface area contributed by atoms with Gasteiger partial charge in [-0.25, -0.2) is 4.79 Å². The molecule has 0 bridgehead atoms. The van der Waals surface area contributed by atoms with E-state index in [0.717, 1.165) is 16.5 Å². The SMILES string of the molecule is COc1ccc2cc(C(C)(NC=O)C(=O)O)ccc2c1. The quantitative estimate of drug-likeness (QED) is 0.816. The van der Waals surface area contributed by atoms with Crippen molar-refractivity contribution in [3.63, 3.8) is 0 Å². The highest BCUT2D eigenvalue weighted by molar-refractivity contribution is 5.88. The number of benzene rings is 2. The summed E-state index contributed by atoms with van der Waals surface area (Å²) in [5.74, 6) is -0.380. The van der Waals surface area contributed by atoms with E-state index in [1.165, 1.54) is 6.92 Å². The predicted octanol–water partition coefficient (Wildman–Crippen LogP) is 1.89. The maximum Gasteiger partial charge on any atom is 0.333 e. The minimum Gasteiger partial charge on any atom is -0.497 e. The molecule has 0 aliphatic carbocycles. The Labute approximate surface area is 116 Å². The van der Waals surface area contributed by atoms with Crippen LogP contribution in [-0.4, -0.2) is 24.6 Å². The van der Waals surface area contributed by atoms with Gasteiger partial charge in [-0.2, -0.15) is 0 Å². The molecule has 2 rings (SSSR count). The molecule has 0 saturated heterocycles. The molecule has 104 valence electrons. The lowest BCUT2D eigenvalue weighted by molar-refractivity contribution is -0.145. The molecule has 0 saturated carbocycles. The fourth-order valence-electron chi connectivity index (χ4n) is 2.05. The van der Waals surface area contributed by atoms with Crippen LogP contribution in [0.3, 0.4) is 0 Å². The number of nitrogens with one attached hydrogen (secondary N) is 1. The molecule has 2 N–H and O–H groups in total. The maximum absolute atomic E-state index is 11.4. The third kappa shape index (κ3) is 2.30. The molecule has 0 aliphatic rings. The topological polar surface area (TPSA) is 75.6 Å². The minimum absolute atomic E-state index is 0.395. The van der Waals surface area contributed by atoms with E-state index < -0.39 is 11.5 Å². The molecule has 20 heavy (non-hydrogen) atoms. The molecule has 0 radical (unpaired) electrons. The van der Waals surface area contributed by atoms with Crippen molar-refractivity contribution >= 4 is 23.2 Å². The number of methoxy groups -OCH3 is 1. The molecular formula is C15H15NO4. The van der Waals surface area contributed by atoms with Crippen molar-refractivity contribution < 1.29 is 19.4 Å². The average Bonchev–Trinajstić information content (AvgIpc) is 2.46. The van der Waals surface area contributed by atoms with Crippen molar-refractivity contribution in [2.45, 2.75) is 12.5 Å². The molecule has 2 aromatic carbocycles. The number of carbonyl (C=O) groups excluding carboxylic acids is 1. The highest BCUT2D eigenvalue weighted by Gasteiger charge is 2.34. The Bertz CT molecular complexity index is 668. The molecule has 0 aliphatic heterocycles. The molecule has 0 aromatic heterocycles. The van der Waals surface area contributed by atoms with E-state index in [1.54, 1.807) is 31.4 Å². The number of carbonyl (C=O) groups is 2. The van der Waals surface area contributed by atoms with Crippen molar-refractivity contribution in [3.05, 3.63) is 42.0 Å². The van der Waals surface area contributed by atoms with Crippen LogP contribution in [0.2, 0.25) is 0 Å². The van der Waals surface area contributed by atoms with E-state index in [0.29, 0.717) is 12.0 Å². The first-order valence-corrected chi connectivity index (χ1v) is 6.04. The lowest BCUT2D eigenvalue weighted by Gasteiger charge is -2.24. The number of rotatable bonds is 5. The number of hydrogen-bond donors (Lipinski definition) is 2. The van der Waals surface area contributed by atoms with Crippen molar-refractivity contribution in [1.82, 2.24) is 5.32 Å². The molecule has 0 fully saturated rings. The van der Waals surface area contributed by atoms with E-state index in [-0.39, 0.29) is 0 Å². The number of carboxylic acids is 1. The monoisotopic (exact) mass is 273 g/mol. The first-order valence-electron chi connectivity index (χ1n) is 6.04. The van der Waals surface area contributed by atoms with E-state index in [4.69, 9.17) is 4.74 Å². The Kier molecular flexibility index (Phi) is 3.61. The smallest absolute Gasteiger partial charge is 0.333 e. The fourth-order valence-corrected chi connectivity index (χ4v) is 2.05. The Balaban J connectivity index is 2.55. The van der Waals surface area contributed by atoms with Crippen molar-refractivity contribution in [2.24, 2.45) is 0 Å². The number of ether oxygens (including phenoxy) is 1. The average molecular weight is 273 g/mol. The zero-order valence-electron chi connectivity index (χ0n) is 11.2. The van der Waals surface area contributed by atoms with E-state index in [9.17, 15) is 14.7 Å². The van der Waals surface area contributed by atoms with Crippen LogP contribution in [0, 0.1) is 0 Å². The lowest BCUT2D eigenvalue weighted by Crippen LogP contribution is -2.45. The fraction of sp³-hybridized carbons (Fsp3) is 0.200. The van der Waals surface area contributed by atoms with Gasteiger partial charge >= 0.3 is 5.97 Å². The van der Waals surface area contributed by atoms with Gasteiger partial charge in [0.15, 0.2) is 5.54 Å². The predicted molar refractivity (Wildman–Crippen MR) is 74.7 cm³/mol. The van der Waals surface area contributed by atoms with Gasteiger partial charge in [0, 0.05) is 0 Å². The summed E-state index contributed by atoms with van der Waals surface area (Å²) in [4.78, 5) is 22.1. The zero-order valence-corrected chi connectivity index (χ0v) is 11.2. The molecule has 0 heterocycles. The van der Waals surface area contributed by atoms with Gasteiger partial charge in [-0.3, -0.25) is 4.79 Å². The number of carboxylic acid groups (broad SMARTS) is 1. The highest BCUT2D eigenvalue weighted by Crippen LogP contribution is 2.27. The Hall–Kier alpha value is -2.56. The minimum atomic E-state index is -1.45. The molecule has 1 unspecified atom stereocenters. The molecular weight excluding hydrogens is 258 g/mol. The van der Waals surface area contributed by atoms with Crippen molar-refractivity contribution in [1.29, 1.82) is 0 Å². The molecule has 1 atom stereocenters.